The lowest BCUT2D eigenvalue weighted by Gasteiger charge is -2.33. The van der Waals surface area contributed by atoms with Gasteiger partial charge in [0.2, 0.25) is 11.8 Å². The summed E-state index contributed by atoms with van der Waals surface area (Å²) in [7, 11) is -4.19. The topological polar surface area (TPSA) is 96.0 Å². The fourth-order valence-electron chi connectivity index (χ4n) is 4.67. The predicted molar refractivity (Wildman–Crippen MR) is 173 cm³/mol. The van der Waals surface area contributed by atoms with E-state index in [1.54, 1.807) is 67.6 Å². The molecule has 0 unspecified atom stereocenters. The zero-order valence-electron chi connectivity index (χ0n) is 24.9. The van der Waals surface area contributed by atoms with Crippen molar-refractivity contribution >= 4 is 39.1 Å². The van der Waals surface area contributed by atoms with Crippen molar-refractivity contribution < 1.29 is 22.7 Å². The minimum atomic E-state index is -4.19. The molecule has 0 heterocycles. The summed E-state index contributed by atoms with van der Waals surface area (Å²) >= 11 is 6.08. The number of aryl methyl sites for hydroxylation is 1. The summed E-state index contributed by atoms with van der Waals surface area (Å²) in [5, 5.41) is 3.34. The molecule has 0 saturated heterocycles. The Balaban J connectivity index is 1.72. The van der Waals surface area contributed by atoms with Crippen molar-refractivity contribution in [2.45, 2.75) is 44.7 Å². The van der Waals surface area contributed by atoms with Crippen LogP contribution >= 0.6 is 11.6 Å². The third kappa shape index (κ3) is 8.18. The second-order valence-corrected chi connectivity index (χ2v) is 12.5. The second-order valence-electron chi connectivity index (χ2n) is 10.2. The smallest absolute Gasteiger partial charge is 0.264 e. The number of nitrogens with one attached hydrogen (secondary N) is 1. The standard InChI is InChI=1S/C34H36ClN3O5S/c1-4-32(34(40)36-5-2)37(23-26-13-15-27(35)16-14-26)33(39)24-38(44(41,42)31-21-11-25(3)12-22-31)28-17-19-30(20-18-28)43-29-9-7-6-8-10-29/h6-22,32H,4-5,23-24H2,1-3H3,(H,36,40)/t32-/m1/s1. The highest BCUT2D eigenvalue weighted by molar-refractivity contribution is 7.92. The quantitative estimate of drug-likeness (QED) is 0.179. The number of benzene rings is 4. The second kappa shape index (κ2) is 14.9. The molecule has 1 atom stereocenters. The van der Waals surface area contributed by atoms with Crippen molar-refractivity contribution in [3.63, 3.8) is 0 Å². The Morgan fingerprint density at radius 3 is 2.05 bits per heavy atom. The zero-order valence-corrected chi connectivity index (χ0v) is 26.5. The number of halogens is 1. The third-order valence-corrected chi connectivity index (χ3v) is 9.03. The molecule has 8 nitrogen and oxygen atoms in total. The molecule has 0 spiro atoms. The number of hydrogen-bond donors (Lipinski definition) is 1. The first-order chi connectivity index (χ1) is 21.1. The molecule has 0 aliphatic rings. The van der Waals surface area contributed by atoms with E-state index in [9.17, 15) is 18.0 Å². The van der Waals surface area contributed by atoms with Gasteiger partial charge in [-0.2, -0.15) is 0 Å². The number of nitrogens with zero attached hydrogens (tertiary/aromatic N) is 2. The van der Waals surface area contributed by atoms with Gasteiger partial charge in [0, 0.05) is 18.1 Å². The molecule has 0 aliphatic heterocycles. The molecule has 10 heteroatoms. The van der Waals surface area contributed by atoms with Gasteiger partial charge >= 0.3 is 0 Å². The van der Waals surface area contributed by atoms with Crippen LogP contribution in [-0.2, 0) is 26.2 Å². The summed E-state index contributed by atoms with van der Waals surface area (Å²) in [5.41, 5.74) is 1.92. The fraction of sp³-hybridized carbons (Fsp3) is 0.235. The van der Waals surface area contributed by atoms with Gasteiger partial charge in [0.25, 0.3) is 10.0 Å². The molecule has 0 saturated carbocycles. The summed E-state index contributed by atoms with van der Waals surface area (Å²) in [6, 6.07) is 28.3. The van der Waals surface area contributed by atoms with Crippen molar-refractivity contribution in [1.82, 2.24) is 10.2 Å². The van der Waals surface area contributed by atoms with Crippen molar-refractivity contribution in [1.29, 1.82) is 0 Å². The molecule has 2 amide bonds. The summed E-state index contributed by atoms with van der Waals surface area (Å²) in [4.78, 5) is 28.7. The van der Waals surface area contributed by atoms with Crippen molar-refractivity contribution in [3.05, 3.63) is 119 Å². The molecule has 0 aliphatic carbocycles. The van der Waals surface area contributed by atoms with E-state index in [1.807, 2.05) is 44.2 Å². The number of likely N-dealkylation sites (N-methyl/N-ethyl adjacent to an activating group) is 1. The highest BCUT2D eigenvalue weighted by Gasteiger charge is 2.33. The number of carbonyl (C=O) groups excluding carboxylic acids is 2. The van der Waals surface area contributed by atoms with Crippen LogP contribution in [0.4, 0.5) is 5.69 Å². The average Bonchev–Trinajstić information content (AvgIpc) is 3.02. The molecule has 44 heavy (non-hydrogen) atoms. The van der Waals surface area contributed by atoms with Gasteiger partial charge in [0.05, 0.1) is 10.6 Å². The molecule has 1 N–H and O–H groups in total. The van der Waals surface area contributed by atoms with Gasteiger partial charge in [-0.05, 0) is 86.5 Å². The largest absolute Gasteiger partial charge is 0.457 e. The SMILES string of the molecule is CCNC(=O)[C@@H](CC)N(Cc1ccc(Cl)cc1)C(=O)CN(c1ccc(Oc2ccccc2)cc1)S(=O)(=O)c1ccc(C)cc1. The van der Waals surface area contributed by atoms with E-state index in [4.69, 9.17) is 16.3 Å². The molecule has 0 bridgehead atoms. The molecule has 4 rings (SSSR count). The molecule has 4 aromatic carbocycles. The molecule has 230 valence electrons. The first-order valence-corrected chi connectivity index (χ1v) is 16.2. The van der Waals surface area contributed by atoms with Crippen LogP contribution in [0.5, 0.6) is 11.5 Å². The Kier molecular flexibility index (Phi) is 11.0. The number of para-hydroxylation sites is 1. The number of carbonyl (C=O) groups is 2. The number of sulfonamides is 1. The number of ether oxygens (including phenoxy) is 1. The maximum atomic E-state index is 14.1. The Hall–Kier alpha value is -4.34. The number of amides is 2. The van der Waals surface area contributed by atoms with E-state index in [0.717, 1.165) is 15.4 Å². The minimum absolute atomic E-state index is 0.0422. The molecule has 4 aromatic rings. The van der Waals surface area contributed by atoms with Gasteiger partial charge < -0.3 is 15.0 Å². The van der Waals surface area contributed by atoms with Gasteiger partial charge in [-0.3, -0.25) is 13.9 Å². The molecule has 0 fully saturated rings. The summed E-state index contributed by atoms with van der Waals surface area (Å²) in [5.74, 6) is 0.296. The predicted octanol–water partition coefficient (Wildman–Crippen LogP) is 6.58. The first-order valence-electron chi connectivity index (χ1n) is 14.4. The van der Waals surface area contributed by atoms with Crippen LogP contribution in [0, 0.1) is 6.92 Å². The van der Waals surface area contributed by atoms with E-state index in [2.05, 4.69) is 5.32 Å². The third-order valence-electron chi connectivity index (χ3n) is 6.99. The van der Waals surface area contributed by atoms with E-state index in [0.29, 0.717) is 29.5 Å². The van der Waals surface area contributed by atoms with E-state index in [-0.39, 0.29) is 23.0 Å². The average molecular weight is 634 g/mol. The van der Waals surface area contributed by atoms with E-state index >= 15 is 0 Å². The van der Waals surface area contributed by atoms with Crippen molar-refractivity contribution in [3.8, 4) is 11.5 Å². The van der Waals surface area contributed by atoms with Crippen LogP contribution < -0.4 is 14.4 Å². The Morgan fingerprint density at radius 1 is 0.841 bits per heavy atom. The van der Waals surface area contributed by atoms with E-state index in [1.165, 1.54) is 17.0 Å². The lowest BCUT2D eigenvalue weighted by molar-refractivity contribution is -0.140. The molecular weight excluding hydrogens is 598 g/mol. The van der Waals surface area contributed by atoms with Crippen LogP contribution in [-0.4, -0.2) is 44.3 Å². The number of hydrogen-bond acceptors (Lipinski definition) is 5. The van der Waals surface area contributed by atoms with E-state index < -0.39 is 28.5 Å². The zero-order chi connectivity index (χ0) is 31.7. The normalized spacial score (nSPS) is 11.8. The lowest BCUT2D eigenvalue weighted by atomic mass is 10.1. The highest BCUT2D eigenvalue weighted by atomic mass is 35.5. The van der Waals surface area contributed by atoms with Crippen LogP contribution in [0.15, 0.2) is 108 Å². The Labute approximate surface area is 264 Å². The monoisotopic (exact) mass is 633 g/mol. The molecule has 0 aromatic heterocycles. The summed E-state index contributed by atoms with van der Waals surface area (Å²) < 4.78 is 35.1. The minimum Gasteiger partial charge on any atom is -0.457 e. The maximum Gasteiger partial charge on any atom is 0.264 e. The first kappa shape index (κ1) is 32.6. The van der Waals surface area contributed by atoms with Gasteiger partial charge in [0.15, 0.2) is 0 Å². The van der Waals surface area contributed by atoms with Crippen LogP contribution in [0.2, 0.25) is 5.02 Å². The summed E-state index contributed by atoms with van der Waals surface area (Å²) in [6.07, 6.45) is 0.335. The fourth-order valence-corrected chi connectivity index (χ4v) is 6.21. The summed E-state index contributed by atoms with van der Waals surface area (Å²) in [6.45, 7) is 5.44. The lowest BCUT2D eigenvalue weighted by Crippen LogP contribution is -2.52. The molecular formula is C34H36ClN3O5S. The van der Waals surface area contributed by atoms with Gasteiger partial charge in [-0.25, -0.2) is 8.42 Å². The number of rotatable bonds is 13. The van der Waals surface area contributed by atoms with Crippen LogP contribution in [0.25, 0.3) is 0 Å². The van der Waals surface area contributed by atoms with Crippen LogP contribution in [0.3, 0.4) is 0 Å². The van der Waals surface area contributed by atoms with Gasteiger partial charge in [-0.1, -0.05) is 66.6 Å². The Bertz CT molecular complexity index is 1650. The van der Waals surface area contributed by atoms with Crippen molar-refractivity contribution in [2.75, 3.05) is 17.4 Å². The number of anilines is 1. The van der Waals surface area contributed by atoms with Gasteiger partial charge in [-0.15, -0.1) is 0 Å². The highest BCUT2D eigenvalue weighted by Crippen LogP contribution is 2.29. The van der Waals surface area contributed by atoms with Crippen molar-refractivity contribution in [2.24, 2.45) is 0 Å². The van der Waals surface area contributed by atoms with Gasteiger partial charge in [0.1, 0.15) is 24.1 Å². The Morgan fingerprint density at radius 2 is 1.45 bits per heavy atom. The molecule has 0 radical (unpaired) electrons. The van der Waals surface area contributed by atoms with Crippen LogP contribution in [0.1, 0.15) is 31.4 Å². The maximum absolute atomic E-state index is 14.1.